The fourth-order valence-corrected chi connectivity index (χ4v) is 2.56. The van der Waals surface area contributed by atoms with Crippen molar-refractivity contribution in [2.45, 2.75) is 25.4 Å². The molecule has 0 radical (unpaired) electrons. The van der Waals surface area contributed by atoms with Gasteiger partial charge in [0.05, 0.1) is 0 Å². The van der Waals surface area contributed by atoms with Crippen molar-refractivity contribution in [2.24, 2.45) is 0 Å². The highest BCUT2D eigenvalue weighted by molar-refractivity contribution is 6.36. The molecule has 2 rings (SSSR count). The first-order valence-corrected chi connectivity index (χ1v) is 6.21. The van der Waals surface area contributed by atoms with Crippen LogP contribution in [-0.4, -0.2) is 27.9 Å². The molecule has 0 aliphatic carbocycles. The molecule has 1 aliphatic rings. The third-order valence-electron chi connectivity index (χ3n) is 3.00. The van der Waals surface area contributed by atoms with E-state index >= 15 is 0 Å². The molecular formula is C12H11Cl2NO3. The second-order valence-corrected chi connectivity index (χ2v) is 4.93. The maximum atomic E-state index is 11.7. The van der Waals surface area contributed by atoms with Crippen molar-refractivity contribution in [3.05, 3.63) is 33.8 Å². The molecule has 6 heteroatoms. The number of aliphatic carboxylic acids is 1. The van der Waals surface area contributed by atoms with E-state index in [2.05, 4.69) is 0 Å². The minimum absolute atomic E-state index is 0.133. The number of nitrogens with zero attached hydrogens (tertiary/aromatic N) is 1. The van der Waals surface area contributed by atoms with Crippen LogP contribution >= 0.6 is 23.2 Å². The Balaban J connectivity index is 2.27. The number of rotatable bonds is 3. The van der Waals surface area contributed by atoms with Gasteiger partial charge < -0.3 is 10.0 Å². The van der Waals surface area contributed by atoms with Gasteiger partial charge in [-0.25, -0.2) is 4.79 Å². The largest absolute Gasteiger partial charge is 0.480 e. The van der Waals surface area contributed by atoms with Gasteiger partial charge in [0.1, 0.15) is 6.04 Å². The molecule has 1 amide bonds. The molecule has 1 N–H and O–H groups in total. The number of carboxylic acid groups (broad SMARTS) is 1. The lowest BCUT2D eigenvalue weighted by Gasteiger charge is -2.22. The summed E-state index contributed by atoms with van der Waals surface area (Å²) in [6.07, 6.45) is 0.579. The van der Waals surface area contributed by atoms with Crippen molar-refractivity contribution in [1.82, 2.24) is 4.90 Å². The molecule has 18 heavy (non-hydrogen) atoms. The first kappa shape index (κ1) is 13.2. The van der Waals surface area contributed by atoms with Gasteiger partial charge in [-0.2, -0.15) is 0 Å². The average Bonchev–Trinajstić information content (AvgIpc) is 2.66. The summed E-state index contributed by atoms with van der Waals surface area (Å²) in [6, 6.07) is 4.25. The number of amides is 1. The minimum Gasteiger partial charge on any atom is -0.480 e. The molecule has 0 unspecified atom stereocenters. The molecule has 1 fully saturated rings. The lowest BCUT2D eigenvalue weighted by atomic mass is 10.2. The molecule has 4 nitrogen and oxygen atoms in total. The van der Waals surface area contributed by atoms with Crippen molar-refractivity contribution in [2.75, 3.05) is 0 Å². The maximum Gasteiger partial charge on any atom is 0.326 e. The number of hydrogen-bond donors (Lipinski definition) is 1. The van der Waals surface area contributed by atoms with Gasteiger partial charge in [0, 0.05) is 28.6 Å². The molecule has 1 aromatic rings. The van der Waals surface area contributed by atoms with Crippen LogP contribution < -0.4 is 0 Å². The predicted molar refractivity (Wildman–Crippen MR) is 67.7 cm³/mol. The van der Waals surface area contributed by atoms with Crippen LogP contribution in [-0.2, 0) is 16.1 Å². The molecule has 1 aliphatic heterocycles. The Labute approximate surface area is 114 Å². The Morgan fingerprint density at radius 3 is 2.56 bits per heavy atom. The van der Waals surface area contributed by atoms with Gasteiger partial charge in [-0.1, -0.05) is 29.3 Å². The highest BCUT2D eigenvalue weighted by Gasteiger charge is 2.36. The summed E-state index contributed by atoms with van der Waals surface area (Å²) in [5.74, 6) is -1.18. The molecule has 1 aromatic carbocycles. The van der Waals surface area contributed by atoms with Crippen LogP contribution in [0.25, 0.3) is 0 Å². The van der Waals surface area contributed by atoms with Gasteiger partial charge in [-0.05, 0) is 18.6 Å². The molecule has 96 valence electrons. The molecule has 0 spiro atoms. The summed E-state index contributed by atoms with van der Waals surface area (Å²) in [6.45, 7) is 0.133. The summed E-state index contributed by atoms with van der Waals surface area (Å²) < 4.78 is 0. The third kappa shape index (κ3) is 2.44. The van der Waals surface area contributed by atoms with Gasteiger partial charge in [0.15, 0.2) is 0 Å². The third-order valence-corrected chi connectivity index (χ3v) is 3.71. The average molecular weight is 288 g/mol. The molecular weight excluding hydrogens is 277 g/mol. The Hall–Kier alpha value is -1.26. The number of benzene rings is 1. The minimum atomic E-state index is -0.996. The molecule has 0 aromatic heterocycles. The van der Waals surface area contributed by atoms with Gasteiger partial charge in [0.2, 0.25) is 5.91 Å². The molecule has 1 atom stereocenters. The maximum absolute atomic E-state index is 11.7. The van der Waals surface area contributed by atoms with Crippen molar-refractivity contribution < 1.29 is 14.7 Å². The fourth-order valence-electron chi connectivity index (χ4n) is 2.04. The first-order valence-electron chi connectivity index (χ1n) is 5.46. The van der Waals surface area contributed by atoms with E-state index in [1.165, 1.54) is 4.90 Å². The van der Waals surface area contributed by atoms with Crippen LogP contribution in [0, 0.1) is 0 Å². The smallest absolute Gasteiger partial charge is 0.326 e. The van der Waals surface area contributed by atoms with E-state index in [-0.39, 0.29) is 18.9 Å². The Bertz CT molecular complexity index is 484. The molecule has 0 bridgehead atoms. The van der Waals surface area contributed by atoms with E-state index in [4.69, 9.17) is 28.3 Å². The van der Waals surface area contributed by atoms with Crippen molar-refractivity contribution in [3.8, 4) is 0 Å². The number of halogens is 2. The number of carboxylic acids is 1. The van der Waals surface area contributed by atoms with Gasteiger partial charge in [0.25, 0.3) is 0 Å². The normalized spacial score (nSPS) is 19.3. The standard InChI is InChI=1S/C12H11Cl2NO3/c13-8-2-1-3-9(14)7(8)6-15-10(12(17)18)4-5-11(15)16/h1-3,10H,4-6H2,(H,17,18)/t10-/m0/s1. The van der Waals surface area contributed by atoms with Crippen LogP contribution in [0.15, 0.2) is 18.2 Å². The van der Waals surface area contributed by atoms with Crippen molar-refractivity contribution in [3.63, 3.8) is 0 Å². The van der Waals surface area contributed by atoms with E-state index in [0.29, 0.717) is 22.0 Å². The topological polar surface area (TPSA) is 57.6 Å². The second-order valence-electron chi connectivity index (χ2n) is 4.11. The van der Waals surface area contributed by atoms with Crippen LogP contribution in [0.3, 0.4) is 0 Å². The van der Waals surface area contributed by atoms with E-state index in [0.717, 1.165) is 0 Å². The molecule has 1 heterocycles. The van der Waals surface area contributed by atoms with E-state index in [1.807, 2.05) is 0 Å². The van der Waals surface area contributed by atoms with Crippen molar-refractivity contribution >= 4 is 35.1 Å². The summed E-state index contributed by atoms with van der Waals surface area (Å²) >= 11 is 12.0. The fraction of sp³-hybridized carbons (Fsp3) is 0.333. The Morgan fingerprint density at radius 2 is 2.00 bits per heavy atom. The van der Waals surface area contributed by atoms with Crippen LogP contribution in [0.5, 0.6) is 0 Å². The summed E-state index contributed by atoms with van der Waals surface area (Å²) in [4.78, 5) is 24.1. The Kier molecular flexibility index (Phi) is 3.78. The van der Waals surface area contributed by atoms with Crippen molar-refractivity contribution in [1.29, 1.82) is 0 Å². The van der Waals surface area contributed by atoms with Crippen LogP contribution in [0.1, 0.15) is 18.4 Å². The van der Waals surface area contributed by atoms with E-state index in [1.54, 1.807) is 18.2 Å². The van der Waals surface area contributed by atoms with E-state index in [9.17, 15) is 9.59 Å². The van der Waals surface area contributed by atoms with Gasteiger partial charge in [-0.15, -0.1) is 0 Å². The van der Waals surface area contributed by atoms with Crippen LogP contribution in [0.2, 0.25) is 10.0 Å². The number of carbonyl (C=O) groups excluding carboxylic acids is 1. The summed E-state index contributed by atoms with van der Waals surface area (Å²) in [7, 11) is 0. The first-order chi connectivity index (χ1) is 8.50. The zero-order valence-corrected chi connectivity index (χ0v) is 10.9. The summed E-state index contributed by atoms with van der Waals surface area (Å²) in [5.41, 5.74) is 0.585. The zero-order chi connectivity index (χ0) is 13.3. The van der Waals surface area contributed by atoms with Gasteiger partial charge >= 0.3 is 5.97 Å². The lowest BCUT2D eigenvalue weighted by Crippen LogP contribution is -2.38. The second kappa shape index (κ2) is 5.16. The van der Waals surface area contributed by atoms with Gasteiger partial charge in [-0.3, -0.25) is 4.79 Å². The predicted octanol–water partition coefficient (Wildman–Crippen LogP) is 2.57. The SMILES string of the molecule is O=C(O)[C@@H]1CCC(=O)N1Cc1c(Cl)cccc1Cl. The summed E-state index contributed by atoms with van der Waals surface area (Å²) in [5, 5.41) is 9.93. The van der Waals surface area contributed by atoms with E-state index < -0.39 is 12.0 Å². The highest BCUT2D eigenvalue weighted by atomic mass is 35.5. The molecule has 0 saturated carbocycles. The number of hydrogen-bond acceptors (Lipinski definition) is 2. The zero-order valence-electron chi connectivity index (χ0n) is 9.40. The highest BCUT2D eigenvalue weighted by Crippen LogP contribution is 2.29. The monoisotopic (exact) mass is 287 g/mol. The number of likely N-dealkylation sites (tertiary alicyclic amines) is 1. The molecule has 1 saturated heterocycles. The quantitative estimate of drug-likeness (QED) is 0.930. The number of carbonyl (C=O) groups is 2. The van der Waals surface area contributed by atoms with Crippen LogP contribution in [0.4, 0.5) is 0 Å². The lowest BCUT2D eigenvalue weighted by molar-refractivity contribution is -0.146. The Morgan fingerprint density at radius 1 is 1.39 bits per heavy atom.